The minimum Gasteiger partial charge on any atom is -0.408 e. The van der Waals surface area contributed by atoms with Gasteiger partial charge in [0.05, 0.1) is 11.6 Å². The third kappa shape index (κ3) is 4.17. The molecule has 1 aromatic carbocycles. The number of aryl methyl sites for hydroxylation is 2. The van der Waals surface area contributed by atoms with E-state index in [1.807, 2.05) is 11.5 Å². The van der Waals surface area contributed by atoms with Crippen molar-refractivity contribution >= 4 is 22.8 Å². The minimum atomic E-state index is -0.451. The van der Waals surface area contributed by atoms with Crippen LogP contribution in [0.1, 0.15) is 25.2 Å². The predicted octanol–water partition coefficient (Wildman–Crippen LogP) is 1.64. The lowest BCUT2D eigenvalue weighted by molar-refractivity contribution is 0.189. The zero-order valence-electron chi connectivity index (χ0n) is 15.4. The fourth-order valence-corrected chi connectivity index (χ4v) is 2.78. The largest absolute Gasteiger partial charge is 0.419 e. The van der Waals surface area contributed by atoms with Crippen molar-refractivity contribution in [3.8, 4) is 0 Å². The van der Waals surface area contributed by atoms with Gasteiger partial charge in [0.2, 0.25) is 0 Å². The van der Waals surface area contributed by atoms with Gasteiger partial charge in [0.15, 0.2) is 11.4 Å². The lowest BCUT2D eigenvalue weighted by Gasteiger charge is -2.15. The number of hydrogen-bond acceptors (Lipinski definition) is 6. The van der Waals surface area contributed by atoms with Crippen LogP contribution in [0.4, 0.5) is 10.5 Å². The van der Waals surface area contributed by atoms with E-state index in [-0.39, 0.29) is 12.1 Å². The standard InChI is InChI=1S/C17H22N6O4/c1-11(15-21-18-10-23(15)7-4-8-26-3)19-16(24)20-12-5-6-14-13(9-12)22(2)17(25)27-14/h5-6,9-11H,4,7-8H2,1-3H3,(H2,19,20,24)/t11-/m1/s1. The molecule has 0 aliphatic carbocycles. The summed E-state index contributed by atoms with van der Waals surface area (Å²) in [7, 11) is 3.26. The summed E-state index contributed by atoms with van der Waals surface area (Å²) >= 11 is 0. The molecule has 144 valence electrons. The zero-order valence-corrected chi connectivity index (χ0v) is 15.4. The van der Waals surface area contributed by atoms with Crippen LogP contribution >= 0.6 is 0 Å². The first-order valence-electron chi connectivity index (χ1n) is 8.53. The molecule has 2 aromatic heterocycles. The Morgan fingerprint density at radius 1 is 1.41 bits per heavy atom. The van der Waals surface area contributed by atoms with Crippen LogP contribution in [0.5, 0.6) is 0 Å². The Morgan fingerprint density at radius 3 is 3.00 bits per heavy atom. The highest BCUT2D eigenvalue weighted by molar-refractivity contribution is 5.91. The molecule has 3 aromatic rings. The Balaban J connectivity index is 1.65. The van der Waals surface area contributed by atoms with Gasteiger partial charge in [-0.05, 0) is 31.5 Å². The Morgan fingerprint density at radius 2 is 2.22 bits per heavy atom. The van der Waals surface area contributed by atoms with Crippen LogP contribution in [-0.2, 0) is 18.3 Å². The van der Waals surface area contributed by atoms with Gasteiger partial charge in [-0.25, -0.2) is 9.59 Å². The van der Waals surface area contributed by atoms with E-state index in [1.54, 1.807) is 38.7 Å². The number of hydrogen-bond donors (Lipinski definition) is 2. The lowest BCUT2D eigenvalue weighted by Crippen LogP contribution is -2.32. The van der Waals surface area contributed by atoms with Crippen LogP contribution < -0.4 is 16.4 Å². The number of oxazole rings is 1. The molecule has 0 spiro atoms. The minimum absolute atomic E-state index is 0.336. The Bertz CT molecular complexity index is 989. The summed E-state index contributed by atoms with van der Waals surface area (Å²) in [5, 5.41) is 13.6. The molecule has 2 amide bonds. The van der Waals surface area contributed by atoms with Crippen LogP contribution in [-0.4, -0.2) is 39.1 Å². The number of nitrogens with zero attached hydrogens (tertiary/aromatic N) is 4. The van der Waals surface area contributed by atoms with Gasteiger partial charge < -0.3 is 24.4 Å². The van der Waals surface area contributed by atoms with Crippen molar-refractivity contribution in [1.82, 2.24) is 24.6 Å². The number of nitrogens with one attached hydrogen (secondary N) is 2. The smallest absolute Gasteiger partial charge is 0.408 e. The first-order valence-corrected chi connectivity index (χ1v) is 8.53. The van der Waals surface area contributed by atoms with Crippen LogP contribution in [0, 0.1) is 0 Å². The van der Waals surface area contributed by atoms with Gasteiger partial charge in [0.1, 0.15) is 6.33 Å². The summed E-state index contributed by atoms with van der Waals surface area (Å²) in [5.74, 6) is 0.210. The molecular formula is C17H22N6O4. The van der Waals surface area contributed by atoms with Crippen LogP contribution in [0.3, 0.4) is 0 Å². The molecule has 0 saturated heterocycles. The fourth-order valence-electron chi connectivity index (χ4n) is 2.78. The third-order valence-corrected chi connectivity index (χ3v) is 4.18. The number of urea groups is 1. The molecule has 10 nitrogen and oxygen atoms in total. The highest BCUT2D eigenvalue weighted by Gasteiger charge is 2.16. The number of rotatable bonds is 7. The molecule has 10 heteroatoms. The van der Waals surface area contributed by atoms with Crippen molar-refractivity contribution in [2.45, 2.75) is 25.9 Å². The Hall–Kier alpha value is -3.14. The maximum absolute atomic E-state index is 12.3. The van der Waals surface area contributed by atoms with Crippen molar-refractivity contribution in [2.24, 2.45) is 7.05 Å². The molecule has 2 heterocycles. The number of amides is 2. The van der Waals surface area contributed by atoms with E-state index in [4.69, 9.17) is 9.15 Å². The van der Waals surface area contributed by atoms with Crippen molar-refractivity contribution in [3.63, 3.8) is 0 Å². The molecule has 0 aliphatic heterocycles. The molecule has 3 rings (SSSR count). The van der Waals surface area contributed by atoms with Crippen LogP contribution in [0.15, 0.2) is 33.7 Å². The van der Waals surface area contributed by atoms with Gasteiger partial charge in [-0.1, -0.05) is 0 Å². The van der Waals surface area contributed by atoms with Crippen molar-refractivity contribution in [1.29, 1.82) is 0 Å². The molecular weight excluding hydrogens is 352 g/mol. The number of carbonyl (C=O) groups excluding carboxylic acids is 1. The second kappa shape index (κ2) is 8.04. The summed E-state index contributed by atoms with van der Waals surface area (Å²) in [5.41, 5.74) is 1.61. The van der Waals surface area contributed by atoms with Gasteiger partial charge in [0, 0.05) is 33.0 Å². The average molecular weight is 374 g/mol. The van der Waals surface area contributed by atoms with E-state index in [0.717, 1.165) is 6.42 Å². The monoisotopic (exact) mass is 374 g/mol. The molecule has 0 unspecified atom stereocenters. The predicted molar refractivity (Wildman–Crippen MR) is 98.5 cm³/mol. The summed E-state index contributed by atoms with van der Waals surface area (Å²) < 4.78 is 13.4. The number of fused-ring (bicyclic) bond motifs is 1. The molecule has 27 heavy (non-hydrogen) atoms. The number of carbonyl (C=O) groups is 1. The lowest BCUT2D eigenvalue weighted by atomic mass is 10.3. The molecule has 1 atom stereocenters. The van der Waals surface area contributed by atoms with Crippen molar-refractivity contribution < 1.29 is 13.9 Å². The van der Waals surface area contributed by atoms with Crippen molar-refractivity contribution in [2.75, 3.05) is 19.0 Å². The molecule has 0 fully saturated rings. The number of ether oxygens (including phenoxy) is 1. The Kier molecular flexibility index (Phi) is 5.55. The molecule has 0 aliphatic rings. The quantitative estimate of drug-likeness (QED) is 0.607. The Labute approximate surface area is 155 Å². The molecule has 0 radical (unpaired) electrons. The zero-order chi connectivity index (χ0) is 19.4. The average Bonchev–Trinajstić information content (AvgIpc) is 3.21. The first-order chi connectivity index (χ1) is 13.0. The highest BCUT2D eigenvalue weighted by Crippen LogP contribution is 2.18. The molecule has 2 N–H and O–H groups in total. The molecule has 0 saturated carbocycles. The number of anilines is 1. The van der Waals surface area contributed by atoms with Crippen molar-refractivity contribution in [3.05, 3.63) is 40.9 Å². The van der Waals surface area contributed by atoms with E-state index in [1.165, 1.54) is 4.57 Å². The summed E-state index contributed by atoms with van der Waals surface area (Å²) in [4.78, 5) is 23.9. The maximum atomic E-state index is 12.3. The van der Waals surface area contributed by atoms with E-state index < -0.39 is 5.76 Å². The van der Waals surface area contributed by atoms with Gasteiger partial charge in [-0.15, -0.1) is 10.2 Å². The highest BCUT2D eigenvalue weighted by atomic mass is 16.5. The topological polar surface area (TPSA) is 116 Å². The van der Waals surface area contributed by atoms with Gasteiger partial charge in [-0.3, -0.25) is 4.57 Å². The van der Waals surface area contributed by atoms with Gasteiger partial charge in [-0.2, -0.15) is 0 Å². The molecule has 0 bridgehead atoms. The second-order valence-corrected chi connectivity index (χ2v) is 6.16. The summed E-state index contributed by atoms with van der Waals surface area (Å²) in [6, 6.07) is 4.27. The van der Waals surface area contributed by atoms with Gasteiger partial charge >= 0.3 is 11.8 Å². The SMILES string of the molecule is COCCCn1cnnc1[C@@H](C)NC(=O)Nc1ccc2oc(=O)n(C)c2c1. The normalized spacial score (nSPS) is 12.3. The number of methoxy groups -OCH3 is 1. The number of aromatic nitrogens is 4. The van der Waals surface area contributed by atoms with E-state index in [2.05, 4.69) is 20.8 Å². The fraction of sp³-hybridized carbons (Fsp3) is 0.412. The van der Waals surface area contributed by atoms with Gasteiger partial charge in [0.25, 0.3) is 0 Å². The van der Waals surface area contributed by atoms with E-state index in [0.29, 0.717) is 35.8 Å². The van der Waals surface area contributed by atoms with E-state index >= 15 is 0 Å². The second-order valence-electron chi connectivity index (χ2n) is 6.16. The van der Waals surface area contributed by atoms with E-state index in [9.17, 15) is 9.59 Å². The maximum Gasteiger partial charge on any atom is 0.419 e. The summed E-state index contributed by atoms with van der Waals surface area (Å²) in [6.07, 6.45) is 2.46. The third-order valence-electron chi connectivity index (χ3n) is 4.18. The van der Waals surface area contributed by atoms with Crippen LogP contribution in [0.25, 0.3) is 11.1 Å². The first kappa shape index (κ1) is 18.6. The number of benzene rings is 1. The summed E-state index contributed by atoms with van der Waals surface area (Å²) in [6.45, 7) is 3.17. The van der Waals surface area contributed by atoms with Crippen LogP contribution in [0.2, 0.25) is 0 Å².